The molecule has 1 unspecified atom stereocenters. The Labute approximate surface area is 71.8 Å². The van der Waals surface area contributed by atoms with E-state index < -0.39 is 6.10 Å². The predicted molar refractivity (Wildman–Crippen MR) is 48.6 cm³/mol. The second kappa shape index (κ2) is 4.04. The summed E-state index contributed by atoms with van der Waals surface area (Å²) in [4.78, 5) is 0. The van der Waals surface area contributed by atoms with Gasteiger partial charge in [-0.3, -0.25) is 0 Å². The molecule has 0 bridgehead atoms. The van der Waals surface area contributed by atoms with E-state index in [2.05, 4.69) is 6.58 Å². The minimum atomic E-state index is -0.787. The van der Waals surface area contributed by atoms with Gasteiger partial charge in [0.2, 0.25) is 0 Å². The summed E-state index contributed by atoms with van der Waals surface area (Å²) >= 11 is 0. The molecule has 2 heteroatoms. The Morgan fingerprint density at radius 1 is 1.50 bits per heavy atom. The van der Waals surface area contributed by atoms with Gasteiger partial charge in [-0.05, 0) is 17.2 Å². The van der Waals surface area contributed by atoms with Crippen LogP contribution in [0.5, 0.6) is 0 Å². The fourth-order valence-electron chi connectivity index (χ4n) is 0.999. The molecule has 0 spiro atoms. The number of aliphatic hydroxyl groups excluding tert-OH is 2. The summed E-state index contributed by atoms with van der Waals surface area (Å²) in [5.41, 5.74) is 1.66. The third-order valence-corrected chi connectivity index (χ3v) is 1.70. The van der Waals surface area contributed by atoms with Gasteiger partial charge in [0.15, 0.2) is 0 Å². The number of rotatable bonds is 3. The minimum Gasteiger partial charge on any atom is -0.393 e. The molecule has 0 aliphatic heterocycles. The first-order chi connectivity index (χ1) is 5.77. The van der Waals surface area contributed by atoms with Gasteiger partial charge in [-0.25, -0.2) is 0 Å². The highest BCUT2D eigenvalue weighted by Gasteiger charge is 2.04. The van der Waals surface area contributed by atoms with Crippen molar-refractivity contribution in [3.8, 4) is 0 Å². The van der Waals surface area contributed by atoms with Gasteiger partial charge in [0.1, 0.15) is 6.10 Å². The van der Waals surface area contributed by atoms with Gasteiger partial charge >= 0.3 is 0 Å². The second-order valence-corrected chi connectivity index (χ2v) is 2.57. The normalized spacial score (nSPS) is 12.5. The molecule has 64 valence electrons. The maximum atomic E-state index is 9.26. The monoisotopic (exact) mass is 164 g/mol. The highest BCUT2D eigenvalue weighted by molar-refractivity contribution is 5.48. The topological polar surface area (TPSA) is 40.5 Å². The van der Waals surface area contributed by atoms with E-state index in [1.165, 1.54) is 0 Å². The van der Waals surface area contributed by atoms with Crippen molar-refractivity contribution in [3.05, 3.63) is 42.0 Å². The van der Waals surface area contributed by atoms with E-state index in [0.717, 1.165) is 11.1 Å². The summed E-state index contributed by atoms with van der Waals surface area (Å²) in [6, 6.07) is 7.29. The van der Waals surface area contributed by atoms with Crippen LogP contribution < -0.4 is 0 Å². The Hall–Kier alpha value is -1.12. The van der Waals surface area contributed by atoms with Gasteiger partial charge in [0.25, 0.3) is 0 Å². The van der Waals surface area contributed by atoms with Crippen LogP contribution >= 0.6 is 0 Å². The van der Waals surface area contributed by atoms with Crippen LogP contribution in [0.15, 0.2) is 30.8 Å². The zero-order valence-corrected chi connectivity index (χ0v) is 6.77. The SMILES string of the molecule is C=Cc1cccc(C(O)CO)c1. The average molecular weight is 164 g/mol. The van der Waals surface area contributed by atoms with Gasteiger partial charge in [-0.15, -0.1) is 0 Å². The lowest BCUT2D eigenvalue weighted by atomic mass is 10.1. The molecule has 0 amide bonds. The summed E-state index contributed by atoms with van der Waals surface area (Å²) in [5, 5.41) is 17.9. The molecule has 2 nitrogen and oxygen atoms in total. The van der Waals surface area contributed by atoms with Crippen molar-refractivity contribution in [2.75, 3.05) is 6.61 Å². The Balaban J connectivity index is 2.93. The molecular formula is C10H12O2. The lowest BCUT2D eigenvalue weighted by Crippen LogP contribution is -2.01. The van der Waals surface area contributed by atoms with Crippen LogP contribution in [-0.4, -0.2) is 16.8 Å². The van der Waals surface area contributed by atoms with Crippen molar-refractivity contribution in [1.29, 1.82) is 0 Å². The van der Waals surface area contributed by atoms with Crippen molar-refractivity contribution in [1.82, 2.24) is 0 Å². The molecule has 0 aliphatic rings. The van der Waals surface area contributed by atoms with E-state index in [1.807, 2.05) is 12.1 Å². The van der Waals surface area contributed by atoms with Crippen molar-refractivity contribution in [2.24, 2.45) is 0 Å². The summed E-state index contributed by atoms with van der Waals surface area (Å²) < 4.78 is 0. The van der Waals surface area contributed by atoms with Crippen LogP contribution in [0.2, 0.25) is 0 Å². The molecule has 1 aromatic carbocycles. The van der Waals surface area contributed by atoms with E-state index in [0.29, 0.717) is 0 Å². The van der Waals surface area contributed by atoms with Crippen molar-refractivity contribution >= 4 is 6.08 Å². The van der Waals surface area contributed by atoms with Gasteiger partial charge in [-0.2, -0.15) is 0 Å². The number of hydrogen-bond donors (Lipinski definition) is 2. The maximum absolute atomic E-state index is 9.26. The molecular weight excluding hydrogens is 152 g/mol. The predicted octanol–water partition coefficient (Wildman–Crippen LogP) is 1.36. The molecule has 1 aromatic rings. The van der Waals surface area contributed by atoms with Crippen molar-refractivity contribution in [3.63, 3.8) is 0 Å². The Bertz CT molecular complexity index is 268. The number of hydrogen-bond acceptors (Lipinski definition) is 2. The first-order valence-corrected chi connectivity index (χ1v) is 3.79. The molecule has 1 atom stereocenters. The molecule has 2 N–H and O–H groups in total. The van der Waals surface area contributed by atoms with E-state index in [9.17, 15) is 5.11 Å². The fraction of sp³-hybridized carbons (Fsp3) is 0.200. The zero-order valence-electron chi connectivity index (χ0n) is 6.77. The van der Waals surface area contributed by atoms with Crippen LogP contribution in [-0.2, 0) is 0 Å². The smallest absolute Gasteiger partial charge is 0.102 e. The zero-order chi connectivity index (χ0) is 8.97. The number of benzene rings is 1. The molecule has 0 saturated heterocycles. The highest BCUT2D eigenvalue weighted by atomic mass is 16.3. The van der Waals surface area contributed by atoms with E-state index in [4.69, 9.17) is 5.11 Å². The minimum absolute atomic E-state index is 0.249. The van der Waals surface area contributed by atoms with E-state index >= 15 is 0 Å². The third-order valence-electron chi connectivity index (χ3n) is 1.70. The van der Waals surface area contributed by atoms with Crippen LogP contribution in [0.25, 0.3) is 6.08 Å². The summed E-state index contributed by atoms with van der Waals surface area (Å²) in [7, 11) is 0. The van der Waals surface area contributed by atoms with E-state index in [1.54, 1.807) is 18.2 Å². The third kappa shape index (κ3) is 1.94. The van der Waals surface area contributed by atoms with Crippen molar-refractivity contribution < 1.29 is 10.2 Å². The summed E-state index contributed by atoms with van der Waals surface area (Å²) in [6.45, 7) is 3.36. The molecule has 1 rings (SSSR count). The average Bonchev–Trinajstić information content (AvgIpc) is 2.17. The highest BCUT2D eigenvalue weighted by Crippen LogP contribution is 2.14. The van der Waals surface area contributed by atoms with Gasteiger partial charge in [0.05, 0.1) is 6.61 Å². The van der Waals surface area contributed by atoms with Gasteiger partial charge in [0, 0.05) is 0 Å². The fourth-order valence-corrected chi connectivity index (χ4v) is 0.999. The first-order valence-electron chi connectivity index (χ1n) is 3.79. The molecule has 0 fully saturated rings. The Kier molecular flexibility index (Phi) is 3.02. The lowest BCUT2D eigenvalue weighted by Gasteiger charge is -2.07. The van der Waals surface area contributed by atoms with Crippen LogP contribution in [0.1, 0.15) is 17.2 Å². The maximum Gasteiger partial charge on any atom is 0.102 e. The van der Waals surface area contributed by atoms with Gasteiger partial charge < -0.3 is 10.2 Å². The molecule has 0 heterocycles. The van der Waals surface area contributed by atoms with Crippen molar-refractivity contribution in [2.45, 2.75) is 6.10 Å². The largest absolute Gasteiger partial charge is 0.393 e. The molecule has 0 aromatic heterocycles. The van der Waals surface area contributed by atoms with Crippen LogP contribution in [0.3, 0.4) is 0 Å². The van der Waals surface area contributed by atoms with Crippen LogP contribution in [0.4, 0.5) is 0 Å². The number of aliphatic hydroxyl groups is 2. The standard InChI is InChI=1S/C10H12O2/c1-2-8-4-3-5-9(6-8)10(12)7-11/h2-6,10-12H,1,7H2. The lowest BCUT2D eigenvalue weighted by molar-refractivity contribution is 0.0956. The van der Waals surface area contributed by atoms with Crippen LogP contribution in [0, 0.1) is 0 Å². The quantitative estimate of drug-likeness (QED) is 0.708. The molecule has 12 heavy (non-hydrogen) atoms. The molecule has 0 aliphatic carbocycles. The Morgan fingerprint density at radius 3 is 2.83 bits per heavy atom. The second-order valence-electron chi connectivity index (χ2n) is 2.57. The molecule has 0 saturated carbocycles. The molecule has 0 radical (unpaired) electrons. The summed E-state index contributed by atoms with van der Waals surface area (Å²) in [6.07, 6.45) is 0.915. The first kappa shape index (κ1) is 8.97. The van der Waals surface area contributed by atoms with Gasteiger partial charge in [-0.1, -0.05) is 30.9 Å². The Morgan fingerprint density at radius 2 is 2.25 bits per heavy atom. The van der Waals surface area contributed by atoms with E-state index in [-0.39, 0.29) is 6.61 Å². The summed E-state index contributed by atoms with van der Waals surface area (Å²) in [5.74, 6) is 0.